The van der Waals surface area contributed by atoms with Gasteiger partial charge < -0.3 is 15.0 Å². The van der Waals surface area contributed by atoms with E-state index >= 15 is 0 Å². The Labute approximate surface area is 189 Å². The number of aromatic nitrogens is 1. The second-order valence-corrected chi connectivity index (χ2v) is 7.97. The van der Waals surface area contributed by atoms with Crippen LogP contribution < -0.4 is 10.2 Å². The third kappa shape index (κ3) is 6.39. The Kier molecular flexibility index (Phi) is 7.84. The summed E-state index contributed by atoms with van der Waals surface area (Å²) in [5.74, 6) is 1.05. The topological polar surface area (TPSA) is 57.7 Å². The number of nitrogens with zero attached hydrogens (tertiary/aromatic N) is 3. The molecule has 6 heteroatoms. The van der Waals surface area contributed by atoms with Crippen LogP contribution in [0.5, 0.6) is 0 Å². The summed E-state index contributed by atoms with van der Waals surface area (Å²) in [7, 11) is 0. The fraction of sp³-hybridized carbons (Fsp3) is 0.308. The minimum Gasteiger partial charge on any atom is -0.372 e. The maximum Gasteiger partial charge on any atom is 0.234 e. The molecule has 2 aromatic carbocycles. The predicted octanol–water partition coefficient (Wildman–Crippen LogP) is 3.24. The van der Waals surface area contributed by atoms with Crippen molar-refractivity contribution in [3.8, 4) is 0 Å². The number of piperazine rings is 1. The molecule has 0 bridgehead atoms. The summed E-state index contributed by atoms with van der Waals surface area (Å²) < 4.78 is 5.89. The zero-order chi connectivity index (χ0) is 22.0. The summed E-state index contributed by atoms with van der Waals surface area (Å²) in [6, 6.07) is 24.2. The minimum absolute atomic E-state index is 0.0521. The van der Waals surface area contributed by atoms with Crippen LogP contribution in [0.3, 0.4) is 0 Å². The van der Waals surface area contributed by atoms with Crippen molar-refractivity contribution in [3.05, 3.63) is 95.7 Å². The average molecular weight is 431 g/mol. The summed E-state index contributed by atoms with van der Waals surface area (Å²) in [5, 5.41) is 3.08. The highest BCUT2D eigenvalue weighted by atomic mass is 16.5. The molecule has 1 fully saturated rings. The molecule has 0 saturated carbocycles. The number of ether oxygens (including phenoxy) is 1. The number of rotatable bonds is 9. The summed E-state index contributed by atoms with van der Waals surface area (Å²) in [5.41, 5.74) is 3.35. The molecular formula is C26H30N4O2. The Morgan fingerprint density at radius 2 is 1.56 bits per heavy atom. The third-order valence-electron chi connectivity index (χ3n) is 5.68. The van der Waals surface area contributed by atoms with Gasteiger partial charge in [-0.1, -0.05) is 60.7 Å². The van der Waals surface area contributed by atoms with Crippen molar-refractivity contribution in [2.45, 2.75) is 19.8 Å². The van der Waals surface area contributed by atoms with Gasteiger partial charge in [-0.25, -0.2) is 4.98 Å². The van der Waals surface area contributed by atoms with Crippen molar-refractivity contribution >= 4 is 11.7 Å². The minimum atomic E-state index is 0.0521. The number of carbonyl (C=O) groups is 1. The molecule has 32 heavy (non-hydrogen) atoms. The highest BCUT2D eigenvalue weighted by Crippen LogP contribution is 2.13. The van der Waals surface area contributed by atoms with Crippen LogP contribution in [0.2, 0.25) is 0 Å². The van der Waals surface area contributed by atoms with Crippen molar-refractivity contribution in [1.29, 1.82) is 0 Å². The van der Waals surface area contributed by atoms with Gasteiger partial charge in [-0.2, -0.15) is 0 Å². The molecule has 1 N–H and O–H groups in total. The third-order valence-corrected chi connectivity index (χ3v) is 5.68. The van der Waals surface area contributed by atoms with Crippen molar-refractivity contribution < 1.29 is 9.53 Å². The number of nitrogens with one attached hydrogen (secondary N) is 1. The van der Waals surface area contributed by atoms with E-state index in [4.69, 9.17) is 4.74 Å². The standard InChI is InChI=1S/C26H30N4O2/c31-26(19-29-14-16-30(17-15-29)25-12-6-7-13-27-25)28-18-23-10-4-5-11-24(23)21-32-20-22-8-2-1-3-9-22/h1-13H,14-21H2,(H,28,31). The fourth-order valence-corrected chi connectivity index (χ4v) is 3.85. The summed E-state index contributed by atoms with van der Waals surface area (Å²) in [4.78, 5) is 21.4. The zero-order valence-electron chi connectivity index (χ0n) is 18.3. The van der Waals surface area contributed by atoms with Crippen LogP contribution in [-0.2, 0) is 29.3 Å². The van der Waals surface area contributed by atoms with E-state index in [9.17, 15) is 4.79 Å². The van der Waals surface area contributed by atoms with E-state index in [2.05, 4.69) is 38.3 Å². The molecule has 1 saturated heterocycles. The largest absolute Gasteiger partial charge is 0.372 e. The van der Waals surface area contributed by atoms with Crippen LogP contribution in [0.4, 0.5) is 5.82 Å². The maximum atomic E-state index is 12.5. The Morgan fingerprint density at radius 3 is 2.31 bits per heavy atom. The number of amides is 1. The zero-order valence-corrected chi connectivity index (χ0v) is 18.3. The SMILES string of the molecule is O=C(CN1CCN(c2ccccn2)CC1)NCc1ccccc1COCc1ccccc1. The number of hydrogen-bond donors (Lipinski definition) is 1. The Balaban J connectivity index is 1.20. The molecule has 0 atom stereocenters. The van der Waals surface area contributed by atoms with Gasteiger partial charge in [0.2, 0.25) is 5.91 Å². The molecule has 0 spiro atoms. The molecule has 0 aliphatic carbocycles. The van der Waals surface area contributed by atoms with Crippen LogP contribution >= 0.6 is 0 Å². The average Bonchev–Trinajstić information content (AvgIpc) is 2.85. The number of anilines is 1. The van der Waals surface area contributed by atoms with E-state index in [1.54, 1.807) is 0 Å². The number of benzene rings is 2. The Hall–Kier alpha value is -3.22. The fourth-order valence-electron chi connectivity index (χ4n) is 3.85. The lowest BCUT2D eigenvalue weighted by Gasteiger charge is -2.34. The monoisotopic (exact) mass is 430 g/mol. The van der Waals surface area contributed by atoms with E-state index in [1.807, 2.05) is 60.8 Å². The highest BCUT2D eigenvalue weighted by molar-refractivity contribution is 5.78. The van der Waals surface area contributed by atoms with E-state index in [-0.39, 0.29) is 5.91 Å². The number of hydrogen-bond acceptors (Lipinski definition) is 5. The second-order valence-electron chi connectivity index (χ2n) is 7.97. The molecule has 4 rings (SSSR count). The molecule has 3 aromatic rings. The van der Waals surface area contributed by atoms with Gasteiger partial charge in [-0.15, -0.1) is 0 Å². The van der Waals surface area contributed by atoms with Gasteiger partial charge in [-0.05, 0) is 28.8 Å². The first-order chi connectivity index (χ1) is 15.8. The van der Waals surface area contributed by atoms with Crippen LogP contribution in [-0.4, -0.2) is 48.5 Å². The van der Waals surface area contributed by atoms with Crippen molar-refractivity contribution in [2.24, 2.45) is 0 Å². The molecule has 0 radical (unpaired) electrons. The molecule has 1 aromatic heterocycles. The lowest BCUT2D eigenvalue weighted by molar-refractivity contribution is -0.122. The first-order valence-electron chi connectivity index (χ1n) is 11.1. The van der Waals surface area contributed by atoms with Gasteiger partial charge >= 0.3 is 0 Å². The summed E-state index contributed by atoms with van der Waals surface area (Å²) in [6.07, 6.45) is 1.82. The maximum absolute atomic E-state index is 12.5. The van der Waals surface area contributed by atoms with Gasteiger partial charge in [0.15, 0.2) is 0 Å². The van der Waals surface area contributed by atoms with E-state index in [0.717, 1.165) is 48.7 Å². The van der Waals surface area contributed by atoms with Crippen molar-refractivity contribution in [3.63, 3.8) is 0 Å². The van der Waals surface area contributed by atoms with Crippen LogP contribution in [0.25, 0.3) is 0 Å². The highest BCUT2D eigenvalue weighted by Gasteiger charge is 2.19. The van der Waals surface area contributed by atoms with Crippen molar-refractivity contribution in [2.75, 3.05) is 37.6 Å². The smallest absolute Gasteiger partial charge is 0.234 e. The number of pyridine rings is 1. The van der Waals surface area contributed by atoms with Crippen molar-refractivity contribution in [1.82, 2.24) is 15.2 Å². The van der Waals surface area contributed by atoms with Crippen LogP contribution in [0, 0.1) is 0 Å². The number of carbonyl (C=O) groups excluding carboxylic acids is 1. The quantitative estimate of drug-likeness (QED) is 0.565. The van der Waals surface area contributed by atoms with Crippen LogP contribution in [0.1, 0.15) is 16.7 Å². The summed E-state index contributed by atoms with van der Waals surface area (Å²) in [6.45, 7) is 5.50. The Bertz CT molecular complexity index is 973. The molecule has 1 aliphatic rings. The lowest BCUT2D eigenvalue weighted by atomic mass is 10.1. The van der Waals surface area contributed by atoms with E-state index in [0.29, 0.717) is 26.3 Å². The lowest BCUT2D eigenvalue weighted by Crippen LogP contribution is -2.49. The molecule has 2 heterocycles. The van der Waals surface area contributed by atoms with Crippen LogP contribution in [0.15, 0.2) is 79.0 Å². The van der Waals surface area contributed by atoms with Gasteiger partial charge in [0.25, 0.3) is 0 Å². The van der Waals surface area contributed by atoms with Gasteiger partial charge in [0.1, 0.15) is 5.82 Å². The van der Waals surface area contributed by atoms with Gasteiger partial charge in [-0.3, -0.25) is 9.69 Å². The van der Waals surface area contributed by atoms with E-state index < -0.39 is 0 Å². The molecule has 6 nitrogen and oxygen atoms in total. The molecule has 166 valence electrons. The van der Waals surface area contributed by atoms with Gasteiger partial charge in [0.05, 0.1) is 19.8 Å². The molecular weight excluding hydrogens is 400 g/mol. The first kappa shape index (κ1) is 22.0. The summed E-state index contributed by atoms with van der Waals surface area (Å²) >= 11 is 0. The van der Waals surface area contributed by atoms with E-state index in [1.165, 1.54) is 0 Å². The normalized spacial score (nSPS) is 14.3. The molecule has 0 unspecified atom stereocenters. The van der Waals surface area contributed by atoms with Gasteiger partial charge in [0, 0.05) is 38.9 Å². The molecule has 1 amide bonds. The first-order valence-corrected chi connectivity index (χ1v) is 11.1. The molecule has 1 aliphatic heterocycles. The predicted molar refractivity (Wildman–Crippen MR) is 126 cm³/mol. The second kappa shape index (κ2) is 11.4. The Morgan fingerprint density at radius 1 is 0.844 bits per heavy atom.